The number of hydrogen-bond donors (Lipinski definition) is 1. The molecule has 1 N–H and O–H groups in total. The molecule has 0 aliphatic rings. The lowest BCUT2D eigenvalue weighted by Gasteiger charge is -2.28. The Morgan fingerprint density at radius 3 is 2.46 bits per heavy atom. The first-order valence-electron chi connectivity index (χ1n) is 5.01. The van der Waals surface area contributed by atoms with E-state index in [1.54, 1.807) is 0 Å². The lowest BCUT2D eigenvalue weighted by Crippen LogP contribution is -2.37. The summed E-state index contributed by atoms with van der Waals surface area (Å²) in [5.41, 5.74) is 0. The van der Waals surface area contributed by atoms with Crippen LogP contribution in [0.3, 0.4) is 0 Å². The smallest absolute Gasteiger partial charge is 0.0638 e. The fraction of sp³-hybridized carbons (Fsp3) is 0.900. The van der Waals surface area contributed by atoms with Gasteiger partial charge in [-0.05, 0) is 19.4 Å². The first-order chi connectivity index (χ1) is 6.29. The van der Waals surface area contributed by atoms with Gasteiger partial charge in [-0.15, -0.1) is 0 Å². The Balaban J connectivity index is 4.04. The summed E-state index contributed by atoms with van der Waals surface area (Å²) in [4.78, 5) is 2.20. The molecule has 0 fully saturated rings. The normalized spacial score (nSPS) is 12.8. The van der Waals surface area contributed by atoms with Crippen molar-refractivity contribution in [3.63, 3.8) is 0 Å². The number of nitrogens with zero attached hydrogens (tertiary/aromatic N) is 2. The Morgan fingerprint density at radius 1 is 1.38 bits per heavy atom. The maximum absolute atomic E-state index is 8.85. The summed E-state index contributed by atoms with van der Waals surface area (Å²) in [5.74, 6) is 0. The summed E-state index contributed by atoms with van der Waals surface area (Å²) in [6, 6.07) is 2.51. The van der Waals surface area contributed by atoms with Crippen LogP contribution < -0.4 is 0 Å². The molecule has 1 atom stereocenters. The Kier molecular flexibility index (Phi) is 7.66. The number of rotatable bonds is 7. The van der Waals surface area contributed by atoms with Crippen LogP contribution in [0.5, 0.6) is 0 Å². The van der Waals surface area contributed by atoms with Crippen molar-refractivity contribution < 1.29 is 5.11 Å². The molecule has 1 unspecified atom stereocenters. The topological polar surface area (TPSA) is 47.3 Å². The molecule has 0 heterocycles. The Hall–Kier alpha value is -0.590. The molecule has 76 valence electrons. The summed E-state index contributed by atoms with van der Waals surface area (Å²) in [6.07, 6.45) is 2.62. The molecule has 0 rings (SSSR count). The fourth-order valence-corrected chi connectivity index (χ4v) is 1.53. The van der Waals surface area contributed by atoms with Gasteiger partial charge in [-0.1, -0.05) is 13.8 Å². The van der Waals surface area contributed by atoms with E-state index < -0.39 is 0 Å². The van der Waals surface area contributed by atoms with Gasteiger partial charge in [0.1, 0.15) is 0 Å². The van der Waals surface area contributed by atoms with Gasteiger partial charge in [0.25, 0.3) is 0 Å². The van der Waals surface area contributed by atoms with Crippen molar-refractivity contribution in [3.05, 3.63) is 0 Å². The molecular formula is C10H20N2O. The highest BCUT2D eigenvalue weighted by atomic mass is 16.3. The molecule has 0 saturated carbocycles. The van der Waals surface area contributed by atoms with E-state index in [9.17, 15) is 0 Å². The highest BCUT2D eigenvalue weighted by Gasteiger charge is 2.14. The van der Waals surface area contributed by atoms with Crippen molar-refractivity contribution in [2.75, 3.05) is 19.7 Å². The Morgan fingerprint density at radius 2 is 2.08 bits per heavy atom. The van der Waals surface area contributed by atoms with E-state index in [1.807, 2.05) is 0 Å². The van der Waals surface area contributed by atoms with Crippen LogP contribution >= 0.6 is 0 Å². The molecule has 0 radical (unpaired) electrons. The average molecular weight is 184 g/mol. The van der Waals surface area contributed by atoms with Crippen LogP contribution in [-0.4, -0.2) is 35.7 Å². The number of nitriles is 1. The van der Waals surface area contributed by atoms with E-state index in [0.29, 0.717) is 19.0 Å². The van der Waals surface area contributed by atoms with Crippen LogP contribution in [0.1, 0.15) is 33.1 Å². The van der Waals surface area contributed by atoms with E-state index in [-0.39, 0.29) is 6.61 Å². The van der Waals surface area contributed by atoms with Crippen molar-refractivity contribution in [1.82, 2.24) is 4.90 Å². The van der Waals surface area contributed by atoms with Gasteiger partial charge in [-0.2, -0.15) is 5.26 Å². The first kappa shape index (κ1) is 12.4. The fourth-order valence-electron chi connectivity index (χ4n) is 1.53. The van der Waals surface area contributed by atoms with E-state index in [0.717, 1.165) is 19.4 Å². The van der Waals surface area contributed by atoms with Crippen molar-refractivity contribution in [2.45, 2.75) is 39.2 Å². The van der Waals surface area contributed by atoms with E-state index in [4.69, 9.17) is 10.4 Å². The summed E-state index contributed by atoms with van der Waals surface area (Å²) in [6.45, 7) is 6.04. The number of hydrogen-bond acceptors (Lipinski definition) is 3. The molecule has 0 saturated heterocycles. The van der Waals surface area contributed by atoms with Crippen molar-refractivity contribution in [3.8, 4) is 6.07 Å². The molecule has 0 aromatic rings. The third kappa shape index (κ3) is 4.87. The molecule has 0 spiro atoms. The molecule has 0 aliphatic carbocycles. The number of aliphatic hydroxyl groups is 1. The van der Waals surface area contributed by atoms with Crippen LogP contribution in [0.15, 0.2) is 0 Å². The zero-order valence-electron chi connectivity index (χ0n) is 8.66. The zero-order valence-corrected chi connectivity index (χ0v) is 8.66. The van der Waals surface area contributed by atoms with Crippen LogP contribution in [-0.2, 0) is 0 Å². The summed E-state index contributed by atoms with van der Waals surface area (Å²) >= 11 is 0. The quantitative estimate of drug-likeness (QED) is 0.650. The molecule has 0 aliphatic heterocycles. The third-order valence-corrected chi connectivity index (χ3v) is 2.21. The minimum atomic E-state index is 0.182. The highest BCUT2D eigenvalue weighted by molar-refractivity contribution is 4.81. The van der Waals surface area contributed by atoms with Crippen LogP contribution in [0.2, 0.25) is 0 Å². The maximum atomic E-state index is 8.85. The highest BCUT2D eigenvalue weighted by Crippen LogP contribution is 2.08. The number of aliphatic hydroxyl groups excluding tert-OH is 1. The van der Waals surface area contributed by atoms with Gasteiger partial charge in [0, 0.05) is 12.6 Å². The van der Waals surface area contributed by atoms with Gasteiger partial charge in [-0.3, -0.25) is 4.90 Å². The van der Waals surface area contributed by atoms with Crippen LogP contribution in [0.4, 0.5) is 0 Å². The van der Waals surface area contributed by atoms with Gasteiger partial charge >= 0.3 is 0 Å². The van der Waals surface area contributed by atoms with E-state index in [1.165, 1.54) is 0 Å². The van der Waals surface area contributed by atoms with Crippen LogP contribution in [0.25, 0.3) is 0 Å². The van der Waals surface area contributed by atoms with Crippen molar-refractivity contribution in [1.29, 1.82) is 5.26 Å². The van der Waals surface area contributed by atoms with Crippen molar-refractivity contribution in [2.24, 2.45) is 0 Å². The maximum Gasteiger partial charge on any atom is 0.0638 e. The lowest BCUT2D eigenvalue weighted by molar-refractivity contribution is 0.148. The minimum Gasteiger partial charge on any atom is -0.395 e. The monoisotopic (exact) mass is 184 g/mol. The van der Waals surface area contributed by atoms with Crippen LogP contribution in [0, 0.1) is 11.3 Å². The lowest BCUT2D eigenvalue weighted by atomic mass is 10.1. The van der Waals surface area contributed by atoms with Gasteiger partial charge < -0.3 is 5.11 Å². The molecule has 3 heteroatoms. The van der Waals surface area contributed by atoms with Crippen molar-refractivity contribution >= 4 is 0 Å². The SMILES string of the molecule is CCCN(CCO)C(CC)CC#N. The molecular weight excluding hydrogens is 164 g/mol. The molecule has 0 aromatic carbocycles. The van der Waals surface area contributed by atoms with Gasteiger partial charge in [0.2, 0.25) is 0 Å². The first-order valence-corrected chi connectivity index (χ1v) is 5.01. The summed E-state index contributed by atoms with van der Waals surface area (Å²) in [7, 11) is 0. The van der Waals surface area contributed by atoms with Gasteiger partial charge in [0.05, 0.1) is 19.1 Å². The van der Waals surface area contributed by atoms with Gasteiger partial charge in [-0.25, -0.2) is 0 Å². The largest absolute Gasteiger partial charge is 0.395 e. The molecule has 0 aromatic heterocycles. The zero-order chi connectivity index (χ0) is 10.1. The molecule has 0 bridgehead atoms. The minimum absolute atomic E-state index is 0.182. The summed E-state index contributed by atoms with van der Waals surface area (Å²) < 4.78 is 0. The average Bonchev–Trinajstić information content (AvgIpc) is 2.14. The van der Waals surface area contributed by atoms with E-state index >= 15 is 0 Å². The predicted octanol–water partition coefficient (Wildman–Crippen LogP) is 1.38. The predicted molar refractivity (Wildman–Crippen MR) is 53.3 cm³/mol. The Bertz CT molecular complexity index is 147. The van der Waals surface area contributed by atoms with Gasteiger partial charge in [0.15, 0.2) is 0 Å². The molecule has 3 nitrogen and oxygen atoms in total. The van der Waals surface area contributed by atoms with E-state index in [2.05, 4.69) is 24.8 Å². The molecule has 13 heavy (non-hydrogen) atoms. The molecule has 0 amide bonds. The second-order valence-corrected chi connectivity index (χ2v) is 3.18. The standard InChI is InChI=1S/C10H20N2O/c1-3-7-12(8-9-13)10(4-2)5-6-11/h10,13H,3-5,7-9H2,1-2H3. The second kappa shape index (κ2) is 8.03. The second-order valence-electron chi connectivity index (χ2n) is 3.18. The summed E-state index contributed by atoms with van der Waals surface area (Å²) in [5, 5.41) is 17.5. The Labute approximate surface area is 81.0 Å². The third-order valence-electron chi connectivity index (χ3n) is 2.21.